The number of aryl methyl sites for hydroxylation is 2. The number of rotatable bonds is 5. The first-order chi connectivity index (χ1) is 12.2. The fourth-order valence-corrected chi connectivity index (χ4v) is 4.11. The first-order valence-corrected chi connectivity index (χ1v) is 9.87. The van der Waals surface area contributed by atoms with Crippen LogP contribution in [-0.4, -0.2) is 25.5 Å². The summed E-state index contributed by atoms with van der Waals surface area (Å²) in [5.74, 6) is 0.802. The number of hydrogen-bond donors (Lipinski definition) is 3. The van der Waals surface area contributed by atoms with Gasteiger partial charge in [0.15, 0.2) is 0 Å². The minimum Gasteiger partial charge on any atom is -0.371 e. The fourth-order valence-electron chi connectivity index (χ4n) is 3.69. The summed E-state index contributed by atoms with van der Waals surface area (Å²) in [7, 11) is 1.74. The summed E-state index contributed by atoms with van der Waals surface area (Å²) in [6.45, 7) is 2.84. The van der Waals surface area contributed by atoms with E-state index in [0.717, 1.165) is 43.8 Å². The molecule has 25 heavy (non-hydrogen) atoms. The van der Waals surface area contributed by atoms with Crippen molar-refractivity contribution in [1.82, 2.24) is 10.0 Å². The van der Waals surface area contributed by atoms with E-state index in [1.54, 1.807) is 7.05 Å². The Morgan fingerprint density at radius 2 is 1.88 bits per heavy atom. The van der Waals surface area contributed by atoms with E-state index in [1.807, 2.05) is 18.4 Å². The van der Waals surface area contributed by atoms with E-state index in [2.05, 4.69) is 26.4 Å². The molecule has 1 aromatic carbocycles. The Kier molecular flexibility index (Phi) is 6.02. The molecule has 1 aromatic rings. The van der Waals surface area contributed by atoms with Crippen LogP contribution in [0.5, 0.6) is 0 Å². The SMILES string of the molecule is CCNC(/C=C/SNC(=O)Nc1c2c(cc3c1CCC3)CCC2)=NC. The first-order valence-electron chi connectivity index (χ1n) is 8.99. The summed E-state index contributed by atoms with van der Waals surface area (Å²) in [4.78, 5) is 16.4. The summed E-state index contributed by atoms with van der Waals surface area (Å²) in [6, 6.07) is 2.21. The number of aliphatic imine (C=N–C) groups is 1. The molecule has 3 N–H and O–H groups in total. The topological polar surface area (TPSA) is 65.5 Å². The van der Waals surface area contributed by atoms with Crippen LogP contribution in [0.15, 0.2) is 22.5 Å². The maximum atomic E-state index is 12.3. The third kappa shape index (κ3) is 4.18. The number of urea groups is 1. The molecular formula is C19H26N4OS. The lowest BCUT2D eigenvalue weighted by Crippen LogP contribution is -2.24. The second kappa shape index (κ2) is 8.43. The van der Waals surface area contributed by atoms with Crippen LogP contribution >= 0.6 is 11.9 Å². The smallest absolute Gasteiger partial charge is 0.329 e. The van der Waals surface area contributed by atoms with E-state index in [4.69, 9.17) is 0 Å². The fraction of sp³-hybridized carbons (Fsp3) is 0.474. The van der Waals surface area contributed by atoms with Crippen molar-refractivity contribution in [2.75, 3.05) is 18.9 Å². The highest BCUT2D eigenvalue weighted by atomic mass is 32.2. The van der Waals surface area contributed by atoms with Gasteiger partial charge >= 0.3 is 6.03 Å². The van der Waals surface area contributed by atoms with Crippen molar-refractivity contribution in [3.63, 3.8) is 0 Å². The molecule has 0 saturated heterocycles. The van der Waals surface area contributed by atoms with E-state index in [0.29, 0.717) is 0 Å². The molecule has 0 bridgehead atoms. The largest absolute Gasteiger partial charge is 0.371 e. The third-order valence-corrected chi connectivity index (χ3v) is 5.33. The standard InChI is InChI=1S/C19H26N4OS/c1-3-21-17(20-2)10-11-25-23-19(24)22-18-15-8-4-6-13(15)12-14-7-5-9-16(14)18/h10-12H,3-9H2,1-2H3,(H,20,21)(H2,22,23,24)/b11-10+. The van der Waals surface area contributed by atoms with Gasteiger partial charge in [0.1, 0.15) is 5.84 Å². The highest BCUT2D eigenvalue weighted by molar-refractivity contribution is 8.00. The van der Waals surface area contributed by atoms with E-state index in [9.17, 15) is 4.79 Å². The lowest BCUT2D eigenvalue weighted by atomic mass is 9.99. The van der Waals surface area contributed by atoms with E-state index in [-0.39, 0.29) is 6.03 Å². The molecule has 0 fully saturated rings. The van der Waals surface area contributed by atoms with Crippen LogP contribution < -0.4 is 15.4 Å². The van der Waals surface area contributed by atoms with Crippen LogP contribution in [0.3, 0.4) is 0 Å². The molecule has 0 atom stereocenters. The van der Waals surface area contributed by atoms with Gasteiger partial charge in [-0.2, -0.15) is 0 Å². The maximum Gasteiger partial charge on any atom is 0.329 e. The van der Waals surface area contributed by atoms with Crippen LogP contribution in [0.25, 0.3) is 0 Å². The quantitative estimate of drug-likeness (QED) is 0.428. The number of carbonyl (C=O) groups excluding carboxylic acids is 1. The lowest BCUT2D eigenvalue weighted by Gasteiger charge is -2.16. The van der Waals surface area contributed by atoms with Crippen LogP contribution in [0, 0.1) is 0 Å². The Bertz CT molecular complexity index is 680. The van der Waals surface area contributed by atoms with Crippen molar-refractivity contribution >= 4 is 29.5 Å². The monoisotopic (exact) mass is 358 g/mol. The number of nitrogens with zero attached hydrogens (tertiary/aromatic N) is 1. The van der Waals surface area contributed by atoms with Crippen molar-refractivity contribution in [2.24, 2.45) is 4.99 Å². The zero-order valence-electron chi connectivity index (χ0n) is 14.9. The molecule has 0 aliphatic heterocycles. The molecule has 2 aliphatic rings. The van der Waals surface area contributed by atoms with Gasteiger partial charge in [-0.15, -0.1) is 0 Å². The van der Waals surface area contributed by atoms with Gasteiger partial charge in [0.2, 0.25) is 0 Å². The highest BCUT2D eigenvalue weighted by Crippen LogP contribution is 2.38. The van der Waals surface area contributed by atoms with Crippen molar-refractivity contribution < 1.29 is 4.79 Å². The van der Waals surface area contributed by atoms with Gasteiger partial charge < -0.3 is 10.6 Å². The predicted molar refractivity (Wildman–Crippen MR) is 106 cm³/mol. The minimum absolute atomic E-state index is 0.164. The zero-order chi connectivity index (χ0) is 17.6. The normalized spacial score (nSPS) is 16.0. The molecular weight excluding hydrogens is 332 g/mol. The van der Waals surface area contributed by atoms with Gasteiger partial charge in [-0.05, 0) is 91.1 Å². The predicted octanol–water partition coefficient (Wildman–Crippen LogP) is 3.59. The number of anilines is 1. The minimum atomic E-state index is -0.164. The molecule has 3 rings (SSSR count). The Labute approximate surface area is 153 Å². The number of benzene rings is 1. The van der Waals surface area contributed by atoms with Gasteiger partial charge in [0.25, 0.3) is 0 Å². The molecule has 0 radical (unpaired) electrons. The van der Waals surface area contributed by atoms with E-state index >= 15 is 0 Å². The zero-order valence-corrected chi connectivity index (χ0v) is 15.8. The van der Waals surface area contributed by atoms with Gasteiger partial charge in [0.05, 0.1) is 0 Å². The molecule has 0 heterocycles. The van der Waals surface area contributed by atoms with Crippen LogP contribution in [-0.2, 0) is 25.7 Å². The molecule has 6 heteroatoms. The number of amides is 2. The average molecular weight is 359 g/mol. The van der Waals surface area contributed by atoms with Gasteiger partial charge in [-0.1, -0.05) is 6.07 Å². The third-order valence-electron chi connectivity index (χ3n) is 4.76. The lowest BCUT2D eigenvalue weighted by molar-refractivity contribution is 0.257. The van der Waals surface area contributed by atoms with E-state index in [1.165, 1.54) is 47.0 Å². The van der Waals surface area contributed by atoms with Crippen molar-refractivity contribution in [3.8, 4) is 0 Å². The summed E-state index contributed by atoms with van der Waals surface area (Å²) < 4.78 is 2.83. The Morgan fingerprint density at radius 3 is 2.48 bits per heavy atom. The van der Waals surface area contributed by atoms with Crippen molar-refractivity contribution in [1.29, 1.82) is 0 Å². The van der Waals surface area contributed by atoms with E-state index < -0.39 is 0 Å². The van der Waals surface area contributed by atoms with Crippen molar-refractivity contribution in [3.05, 3.63) is 39.8 Å². The second-order valence-corrected chi connectivity index (χ2v) is 7.06. The average Bonchev–Trinajstić information content (AvgIpc) is 3.26. The molecule has 5 nitrogen and oxygen atoms in total. The summed E-state index contributed by atoms with van der Waals surface area (Å²) >= 11 is 1.25. The molecule has 2 aliphatic carbocycles. The number of hydrogen-bond acceptors (Lipinski definition) is 3. The maximum absolute atomic E-state index is 12.3. The molecule has 2 amide bonds. The molecule has 134 valence electrons. The number of fused-ring (bicyclic) bond motifs is 2. The van der Waals surface area contributed by atoms with Gasteiger partial charge in [0, 0.05) is 19.3 Å². The van der Waals surface area contributed by atoms with Crippen LogP contribution in [0.2, 0.25) is 0 Å². The summed E-state index contributed by atoms with van der Waals surface area (Å²) in [5.41, 5.74) is 6.64. The number of likely N-dealkylation sites (N-methyl/N-ethyl adjacent to an activating group) is 1. The molecule has 0 unspecified atom stereocenters. The number of amidine groups is 1. The summed E-state index contributed by atoms with van der Waals surface area (Å²) in [5, 5.41) is 8.08. The van der Waals surface area contributed by atoms with Crippen molar-refractivity contribution in [2.45, 2.75) is 45.4 Å². The highest BCUT2D eigenvalue weighted by Gasteiger charge is 2.24. The number of carbonyl (C=O) groups is 1. The number of nitrogens with one attached hydrogen (secondary N) is 3. The van der Waals surface area contributed by atoms with Gasteiger partial charge in [-0.25, -0.2) is 4.79 Å². The molecule has 0 aromatic heterocycles. The Hall–Kier alpha value is -1.95. The first kappa shape index (κ1) is 17.9. The molecule has 0 saturated carbocycles. The van der Waals surface area contributed by atoms with Crippen LogP contribution in [0.4, 0.5) is 10.5 Å². The second-order valence-electron chi connectivity index (χ2n) is 6.35. The molecule has 0 spiro atoms. The van der Waals surface area contributed by atoms with Crippen LogP contribution in [0.1, 0.15) is 42.0 Å². The Morgan fingerprint density at radius 1 is 1.20 bits per heavy atom. The Balaban J connectivity index is 1.62. The summed E-state index contributed by atoms with van der Waals surface area (Å²) in [6.07, 6.45) is 8.66. The van der Waals surface area contributed by atoms with Gasteiger partial charge in [-0.3, -0.25) is 9.71 Å².